The number of phosphoric acid groups is 2. The average Bonchev–Trinajstić information content (AvgIpc) is 3.05. The standard InChI is InChI=1S/C17H19F2IN2O12P2/c18-17(19,9-4-2-1-3-5-9)8-22-14(25)10(20)6-21(16(22)26)15-13(24)12(23)11(33-15)7-32-36(30,31)34-35(27,28)29/h1-6,11-13,15,23-24H,7-8H2,(H,30,31)(H2,27,28,29)/t11-,12-,13-,15-/m1/s1. The van der Waals surface area contributed by atoms with Crippen molar-refractivity contribution in [3.05, 3.63) is 66.5 Å². The van der Waals surface area contributed by atoms with Crippen molar-refractivity contribution in [2.45, 2.75) is 37.0 Å². The fraction of sp³-hybridized carbons (Fsp3) is 0.412. The maximum absolute atomic E-state index is 14.8. The van der Waals surface area contributed by atoms with Gasteiger partial charge in [-0.25, -0.2) is 13.9 Å². The Morgan fingerprint density at radius 3 is 2.28 bits per heavy atom. The Morgan fingerprint density at radius 2 is 1.69 bits per heavy atom. The van der Waals surface area contributed by atoms with Gasteiger partial charge in [0.05, 0.1) is 16.7 Å². The lowest BCUT2D eigenvalue weighted by atomic mass is 10.1. The van der Waals surface area contributed by atoms with E-state index in [9.17, 15) is 42.6 Å². The fourth-order valence-electron chi connectivity index (χ4n) is 3.30. The molecule has 3 rings (SSSR count). The smallest absolute Gasteiger partial charge is 0.387 e. The monoisotopic (exact) mass is 670 g/mol. The number of hydrogen-bond acceptors (Lipinski definition) is 9. The van der Waals surface area contributed by atoms with Gasteiger partial charge in [-0.05, 0) is 22.6 Å². The molecule has 14 nitrogen and oxygen atoms in total. The highest BCUT2D eigenvalue weighted by Gasteiger charge is 2.46. The zero-order valence-electron chi connectivity index (χ0n) is 17.7. The molecule has 0 bridgehead atoms. The summed E-state index contributed by atoms with van der Waals surface area (Å²) in [7, 11) is -10.8. The van der Waals surface area contributed by atoms with Crippen LogP contribution in [0.3, 0.4) is 0 Å². The summed E-state index contributed by atoms with van der Waals surface area (Å²) in [6, 6.07) is 6.42. The largest absolute Gasteiger partial charge is 0.481 e. The summed E-state index contributed by atoms with van der Waals surface area (Å²) in [6.45, 7) is -2.39. The molecule has 1 aliphatic rings. The maximum Gasteiger partial charge on any atom is 0.481 e. The SMILES string of the molecule is O=c1c(I)cn([C@@H]2O[C@H](COP(=O)(O)OP(=O)(O)O)[C@@H](O)[C@H]2O)c(=O)n1CC(F)(F)c1ccccc1. The molecule has 1 aliphatic heterocycles. The molecule has 0 aliphatic carbocycles. The van der Waals surface area contributed by atoms with Gasteiger partial charge in [-0.2, -0.15) is 13.1 Å². The van der Waals surface area contributed by atoms with Crippen LogP contribution in [0.4, 0.5) is 8.78 Å². The molecule has 0 saturated carbocycles. The van der Waals surface area contributed by atoms with E-state index in [2.05, 4.69) is 8.83 Å². The molecule has 36 heavy (non-hydrogen) atoms. The number of hydrogen-bond donors (Lipinski definition) is 5. The molecule has 5 atom stereocenters. The number of halogens is 3. The van der Waals surface area contributed by atoms with Crippen LogP contribution in [-0.2, 0) is 35.2 Å². The average molecular weight is 670 g/mol. The van der Waals surface area contributed by atoms with E-state index in [4.69, 9.17) is 14.5 Å². The van der Waals surface area contributed by atoms with E-state index in [0.717, 1.165) is 18.3 Å². The highest BCUT2D eigenvalue weighted by molar-refractivity contribution is 14.1. The first-order valence-corrected chi connectivity index (χ1v) is 13.8. The molecular formula is C17H19F2IN2O12P2. The fourth-order valence-corrected chi connectivity index (χ4v) is 5.49. The van der Waals surface area contributed by atoms with Crippen LogP contribution in [0.25, 0.3) is 0 Å². The normalized spacial score (nSPS) is 24.6. The number of aliphatic hydroxyl groups is 2. The number of alkyl halides is 2. The second-order valence-electron chi connectivity index (χ2n) is 7.51. The van der Waals surface area contributed by atoms with Gasteiger partial charge in [0.2, 0.25) is 0 Å². The van der Waals surface area contributed by atoms with Gasteiger partial charge in [0.25, 0.3) is 11.5 Å². The van der Waals surface area contributed by atoms with Crippen LogP contribution in [0.5, 0.6) is 0 Å². The van der Waals surface area contributed by atoms with Gasteiger partial charge in [-0.15, -0.1) is 0 Å². The predicted octanol–water partition coefficient (Wildman–Crippen LogP) is 0.252. The summed E-state index contributed by atoms with van der Waals surface area (Å²) in [5, 5.41) is 20.6. The molecule has 19 heteroatoms. The first kappa shape index (κ1) is 29.2. The van der Waals surface area contributed by atoms with Crippen LogP contribution in [0, 0.1) is 3.57 Å². The third-order valence-corrected chi connectivity index (χ3v) is 7.82. The Hall–Kier alpha value is -1.37. The second-order valence-corrected chi connectivity index (χ2v) is 11.5. The molecule has 1 saturated heterocycles. The molecule has 2 aromatic rings. The molecule has 0 spiro atoms. The number of aromatic nitrogens is 2. The predicted molar refractivity (Wildman–Crippen MR) is 123 cm³/mol. The van der Waals surface area contributed by atoms with E-state index in [1.807, 2.05) is 0 Å². The van der Waals surface area contributed by atoms with Gasteiger partial charge in [0, 0.05) is 11.8 Å². The molecule has 1 aromatic carbocycles. The minimum absolute atomic E-state index is 0.212. The Morgan fingerprint density at radius 1 is 1.08 bits per heavy atom. The second kappa shape index (κ2) is 10.8. The lowest BCUT2D eigenvalue weighted by molar-refractivity contribution is -0.0571. The van der Waals surface area contributed by atoms with E-state index >= 15 is 0 Å². The van der Waals surface area contributed by atoms with Crippen LogP contribution in [-0.4, -0.2) is 58.9 Å². The van der Waals surface area contributed by atoms with E-state index in [-0.39, 0.29) is 8.14 Å². The molecule has 1 fully saturated rings. The maximum atomic E-state index is 14.8. The van der Waals surface area contributed by atoms with Gasteiger partial charge in [0.15, 0.2) is 6.23 Å². The van der Waals surface area contributed by atoms with Crippen molar-refractivity contribution in [3.8, 4) is 0 Å². The molecule has 0 amide bonds. The summed E-state index contributed by atoms with van der Waals surface area (Å²) >= 11 is 1.48. The van der Waals surface area contributed by atoms with Crippen molar-refractivity contribution in [2.75, 3.05) is 6.61 Å². The van der Waals surface area contributed by atoms with Crippen molar-refractivity contribution >= 4 is 38.2 Å². The Balaban J connectivity index is 1.88. The molecule has 1 unspecified atom stereocenters. The van der Waals surface area contributed by atoms with Gasteiger partial charge in [-0.1, -0.05) is 30.3 Å². The molecule has 5 N–H and O–H groups in total. The Labute approximate surface area is 213 Å². The molecule has 0 radical (unpaired) electrons. The summed E-state index contributed by atoms with van der Waals surface area (Å²) in [4.78, 5) is 52.1. The van der Waals surface area contributed by atoms with Crippen molar-refractivity contribution in [1.82, 2.24) is 9.13 Å². The minimum atomic E-state index is -5.43. The first-order chi connectivity index (χ1) is 16.5. The van der Waals surface area contributed by atoms with Gasteiger partial charge >= 0.3 is 21.3 Å². The van der Waals surface area contributed by atoms with Gasteiger partial charge in [0.1, 0.15) is 18.3 Å². The van der Waals surface area contributed by atoms with E-state index < -0.39 is 76.1 Å². The number of phosphoric ester groups is 1. The molecular weight excluding hydrogens is 651 g/mol. The molecule has 2 heterocycles. The quantitative estimate of drug-likeness (QED) is 0.180. The van der Waals surface area contributed by atoms with Gasteiger partial charge < -0.3 is 29.6 Å². The lowest BCUT2D eigenvalue weighted by Crippen LogP contribution is -2.46. The topological polar surface area (TPSA) is 207 Å². The van der Waals surface area contributed by atoms with E-state index in [1.165, 1.54) is 40.8 Å². The molecule has 200 valence electrons. The third kappa shape index (κ3) is 6.73. The minimum Gasteiger partial charge on any atom is -0.387 e. The number of aliphatic hydroxyl groups excluding tert-OH is 2. The van der Waals surface area contributed by atoms with Crippen molar-refractivity contribution in [1.29, 1.82) is 0 Å². The highest BCUT2D eigenvalue weighted by Crippen LogP contribution is 2.57. The van der Waals surface area contributed by atoms with E-state index in [0.29, 0.717) is 4.57 Å². The third-order valence-electron chi connectivity index (χ3n) is 4.93. The lowest BCUT2D eigenvalue weighted by Gasteiger charge is -2.22. The van der Waals surface area contributed by atoms with Crippen molar-refractivity contribution in [3.63, 3.8) is 0 Å². The van der Waals surface area contributed by atoms with Crippen LogP contribution < -0.4 is 11.2 Å². The van der Waals surface area contributed by atoms with Crippen molar-refractivity contribution < 1.29 is 56.4 Å². The summed E-state index contributed by atoms with van der Waals surface area (Å²) in [5.74, 6) is -3.64. The highest BCUT2D eigenvalue weighted by atomic mass is 127. The van der Waals surface area contributed by atoms with Crippen LogP contribution in [0.2, 0.25) is 0 Å². The van der Waals surface area contributed by atoms with Crippen LogP contribution >= 0.6 is 38.2 Å². The summed E-state index contributed by atoms with van der Waals surface area (Å²) in [5.41, 5.74) is -2.82. The zero-order valence-corrected chi connectivity index (χ0v) is 21.7. The number of nitrogens with zero attached hydrogens (tertiary/aromatic N) is 2. The van der Waals surface area contributed by atoms with Crippen LogP contribution in [0.1, 0.15) is 11.8 Å². The Kier molecular flexibility index (Phi) is 8.74. The first-order valence-electron chi connectivity index (χ1n) is 9.73. The number of rotatable bonds is 9. The summed E-state index contributed by atoms with van der Waals surface area (Å²) in [6.07, 6.45) is -6.27. The van der Waals surface area contributed by atoms with Crippen LogP contribution in [0.15, 0.2) is 46.1 Å². The molecule has 1 aromatic heterocycles. The van der Waals surface area contributed by atoms with Crippen molar-refractivity contribution in [2.24, 2.45) is 0 Å². The zero-order chi connectivity index (χ0) is 27.1. The number of benzene rings is 1. The summed E-state index contributed by atoms with van der Waals surface area (Å²) < 4.78 is 65.8. The van der Waals surface area contributed by atoms with E-state index in [1.54, 1.807) is 0 Å². The van der Waals surface area contributed by atoms with Gasteiger partial charge in [-0.3, -0.25) is 18.5 Å². The number of ether oxygens (including phenoxy) is 1. The Bertz CT molecular complexity index is 1320.